The highest BCUT2D eigenvalue weighted by atomic mass is 35.5. The Morgan fingerprint density at radius 1 is 1.26 bits per heavy atom. The van der Waals surface area contributed by atoms with Gasteiger partial charge in [0, 0.05) is 19.3 Å². The Balaban J connectivity index is 0.00000261. The van der Waals surface area contributed by atoms with Gasteiger partial charge in [0.2, 0.25) is 0 Å². The van der Waals surface area contributed by atoms with E-state index in [2.05, 4.69) is 15.7 Å². The SMILES string of the molecule is Cl.O=C(NCCCS(=O)(=O)c1ccccc1)c1ccn(C2CCCNC2)n1. The first-order valence-electron chi connectivity index (χ1n) is 8.88. The van der Waals surface area contributed by atoms with E-state index in [0.29, 0.717) is 23.6 Å². The number of hydrogen-bond donors (Lipinski definition) is 2. The predicted molar refractivity (Wildman–Crippen MR) is 106 cm³/mol. The van der Waals surface area contributed by atoms with E-state index in [1.54, 1.807) is 36.4 Å². The molecule has 9 heteroatoms. The highest BCUT2D eigenvalue weighted by Gasteiger charge is 2.18. The quantitative estimate of drug-likeness (QED) is 0.676. The van der Waals surface area contributed by atoms with Gasteiger partial charge >= 0.3 is 0 Å². The van der Waals surface area contributed by atoms with E-state index in [9.17, 15) is 13.2 Å². The predicted octanol–water partition coefficient (Wildman–Crippen LogP) is 1.82. The van der Waals surface area contributed by atoms with Crippen LogP contribution in [0.25, 0.3) is 0 Å². The normalized spacial score (nSPS) is 17.1. The molecule has 1 unspecified atom stereocenters. The van der Waals surface area contributed by atoms with Crippen LogP contribution in [0.1, 0.15) is 35.8 Å². The third-order valence-corrected chi connectivity index (χ3v) is 6.28. The maximum absolute atomic E-state index is 12.2. The number of amides is 1. The number of nitrogens with zero attached hydrogens (tertiary/aromatic N) is 2. The molecule has 0 radical (unpaired) electrons. The molecule has 1 amide bonds. The van der Waals surface area contributed by atoms with Crippen LogP contribution in [0.5, 0.6) is 0 Å². The van der Waals surface area contributed by atoms with Gasteiger partial charge in [-0.05, 0) is 44.0 Å². The van der Waals surface area contributed by atoms with Gasteiger partial charge in [-0.15, -0.1) is 12.4 Å². The molecule has 1 saturated heterocycles. The minimum Gasteiger partial charge on any atom is -0.351 e. The molecule has 0 spiro atoms. The third kappa shape index (κ3) is 5.79. The number of piperidine rings is 1. The fraction of sp³-hybridized carbons (Fsp3) is 0.444. The van der Waals surface area contributed by atoms with Gasteiger partial charge in [0.05, 0.1) is 16.7 Å². The molecular weight excluding hydrogens is 388 g/mol. The van der Waals surface area contributed by atoms with E-state index in [1.807, 2.05) is 10.9 Å². The Morgan fingerprint density at radius 3 is 2.74 bits per heavy atom. The summed E-state index contributed by atoms with van der Waals surface area (Å²) in [5, 5.41) is 10.4. The maximum atomic E-state index is 12.2. The smallest absolute Gasteiger partial charge is 0.271 e. The second-order valence-corrected chi connectivity index (χ2v) is 8.53. The van der Waals surface area contributed by atoms with Gasteiger partial charge in [-0.3, -0.25) is 9.48 Å². The van der Waals surface area contributed by atoms with Crippen molar-refractivity contribution in [2.75, 3.05) is 25.4 Å². The summed E-state index contributed by atoms with van der Waals surface area (Å²) in [4.78, 5) is 12.5. The van der Waals surface area contributed by atoms with Crippen molar-refractivity contribution in [2.24, 2.45) is 0 Å². The maximum Gasteiger partial charge on any atom is 0.271 e. The number of benzene rings is 1. The van der Waals surface area contributed by atoms with Crippen LogP contribution in [0.4, 0.5) is 0 Å². The lowest BCUT2D eigenvalue weighted by atomic mass is 10.1. The Hall–Kier alpha value is -1.90. The summed E-state index contributed by atoms with van der Waals surface area (Å²) in [6, 6.07) is 10.3. The molecular formula is C18H25ClN4O3S. The molecule has 2 N–H and O–H groups in total. The zero-order chi connectivity index (χ0) is 18.4. The zero-order valence-corrected chi connectivity index (χ0v) is 16.6. The highest BCUT2D eigenvalue weighted by molar-refractivity contribution is 7.91. The molecule has 1 aromatic heterocycles. The van der Waals surface area contributed by atoms with Crippen LogP contribution in [0.15, 0.2) is 47.5 Å². The summed E-state index contributed by atoms with van der Waals surface area (Å²) in [5.74, 6) is -0.274. The van der Waals surface area contributed by atoms with Crippen molar-refractivity contribution in [1.82, 2.24) is 20.4 Å². The van der Waals surface area contributed by atoms with E-state index in [4.69, 9.17) is 0 Å². The van der Waals surface area contributed by atoms with Crippen molar-refractivity contribution in [3.8, 4) is 0 Å². The largest absolute Gasteiger partial charge is 0.351 e. The highest BCUT2D eigenvalue weighted by Crippen LogP contribution is 2.15. The Bertz CT molecular complexity index is 833. The van der Waals surface area contributed by atoms with Crippen molar-refractivity contribution < 1.29 is 13.2 Å². The molecule has 2 heterocycles. The standard InChI is InChI=1S/C18H24N4O3S.ClH/c23-18(17-9-12-22(21-17)15-6-4-10-19-14-15)20-11-5-13-26(24,25)16-7-2-1-3-8-16;/h1-3,7-9,12,15,19H,4-6,10-11,13-14H2,(H,20,23);1H. The van der Waals surface area contributed by atoms with Gasteiger partial charge in [-0.2, -0.15) is 5.10 Å². The van der Waals surface area contributed by atoms with Crippen molar-refractivity contribution >= 4 is 28.2 Å². The van der Waals surface area contributed by atoms with Crippen molar-refractivity contribution in [3.05, 3.63) is 48.3 Å². The molecule has 0 saturated carbocycles. The number of halogens is 1. The summed E-state index contributed by atoms with van der Waals surface area (Å²) in [7, 11) is -3.31. The second-order valence-electron chi connectivity index (χ2n) is 6.42. The number of carbonyl (C=O) groups is 1. The third-order valence-electron chi connectivity index (χ3n) is 4.46. The van der Waals surface area contributed by atoms with Gasteiger partial charge in [0.25, 0.3) is 5.91 Å². The minimum atomic E-state index is -3.31. The summed E-state index contributed by atoms with van der Waals surface area (Å²) in [6.45, 7) is 2.18. The van der Waals surface area contributed by atoms with Gasteiger partial charge in [0.1, 0.15) is 5.69 Å². The number of sulfone groups is 1. The lowest BCUT2D eigenvalue weighted by Crippen LogP contribution is -2.32. The van der Waals surface area contributed by atoms with Crippen molar-refractivity contribution in [3.63, 3.8) is 0 Å². The summed E-state index contributed by atoms with van der Waals surface area (Å²) in [5.41, 5.74) is 0.362. The fourth-order valence-electron chi connectivity index (χ4n) is 3.02. The summed E-state index contributed by atoms with van der Waals surface area (Å²) < 4.78 is 26.2. The van der Waals surface area contributed by atoms with Crippen molar-refractivity contribution in [1.29, 1.82) is 0 Å². The number of carbonyl (C=O) groups excluding carboxylic acids is 1. The van der Waals surface area contributed by atoms with E-state index in [-0.39, 0.29) is 30.1 Å². The Kier molecular flexibility index (Phi) is 7.82. The molecule has 1 aliphatic rings. The molecule has 148 valence electrons. The van der Waals surface area contributed by atoms with Crippen LogP contribution in [-0.2, 0) is 9.84 Å². The topological polar surface area (TPSA) is 93.1 Å². The van der Waals surface area contributed by atoms with Crippen LogP contribution in [0, 0.1) is 0 Å². The summed E-state index contributed by atoms with van der Waals surface area (Å²) in [6.07, 6.45) is 4.33. The van der Waals surface area contributed by atoms with E-state index >= 15 is 0 Å². The molecule has 0 bridgehead atoms. The first kappa shape index (κ1) is 21.4. The molecule has 1 aliphatic heterocycles. The van der Waals surface area contributed by atoms with Crippen molar-refractivity contribution in [2.45, 2.75) is 30.2 Å². The lowest BCUT2D eigenvalue weighted by molar-refractivity contribution is 0.0947. The molecule has 7 nitrogen and oxygen atoms in total. The van der Waals surface area contributed by atoms with E-state index < -0.39 is 9.84 Å². The Labute approximate surface area is 165 Å². The Morgan fingerprint density at radius 2 is 2.04 bits per heavy atom. The average molecular weight is 413 g/mol. The summed E-state index contributed by atoms with van der Waals surface area (Å²) >= 11 is 0. The zero-order valence-electron chi connectivity index (χ0n) is 15.0. The molecule has 2 aromatic rings. The molecule has 27 heavy (non-hydrogen) atoms. The van der Waals surface area contributed by atoms with Crippen LogP contribution >= 0.6 is 12.4 Å². The van der Waals surface area contributed by atoms with Crippen LogP contribution in [0.2, 0.25) is 0 Å². The molecule has 1 fully saturated rings. The lowest BCUT2D eigenvalue weighted by Gasteiger charge is -2.22. The van der Waals surface area contributed by atoms with Gasteiger partial charge in [0.15, 0.2) is 9.84 Å². The van der Waals surface area contributed by atoms with Crippen LogP contribution < -0.4 is 10.6 Å². The van der Waals surface area contributed by atoms with Gasteiger partial charge < -0.3 is 10.6 Å². The first-order chi connectivity index (χ1) is 12.6. The molecule has 1 atom stereocenters. The van der Waals surface area contributed by atoms with Crippen LogP contribution in [0.3, 0.4) is 0 Å². The van der Waals surface area contributed by atoms with E-state index in [1.165, 1.54) is 0 Å². The number of nitrogens with one attached hydrogen (secondary N) is 2. The van der Waals surface area contributed by atoms with Crippen LogP contribution in [-0.4, -0.2) is 49.5 Å². The monoisotopic (exact) mass is 412 g/mol. The molecule has 1 aromatic carbocycles. The minimum absolute atomic E-state index is 0. The average Bonchev–Trinajstić information content (AvgIpc) is 3.17. The molecule has 0 aliphatic carbocycles. The number of aromatic nitrogens is 2. The number of rotatable bonds is 7. The first-order valence-corrected chi connectivity index (χ1v) is 10.5. The van der Waals surface area contributed by atoms with Gasteiger partial charge in [-0.25, -0.2) is 8.42 Å². The fourth-order valence-corrected chi connectivity index (χ4v) is 4.35. The van der Waals surface area contributed by atoms with E-state index in [0.717, 1.165) is 25.9 Å². The molecule has 3 rings (SSSR count). The number of hydrogen-bond acceptors (Lipinski definition) is 5. The van der Waals surface area contributed by atoms with Gasteiger partial charge in [-0.1, -0.05) is 18.2 Å². The second kappa shape index (κ2) is 9.87.